The SMILES string of the molecule is Cc1ccc(OCc2nc(CC(=O)Nc3cccc(OCc4cn5ccccc5n4)c3)cs2)cc1. The van der Waals surface area contributed by atoms with E-state index in [1.165, 1.54) is 16.9 Å². The number of amides is 1. The molecule has 0 saturated carbocycles. The summed E-state index contributed by atoms with van der Waals surface area (Å²) in [5.41, 5.74) is 4.27. The molecule has 3 heterocycles. The van der Waals surface area contributed by atoms with Crippen molar-refractivity contribution >= 4 is 28.6 Å². The topological polar surface area (TPSA) is 77.8 Å². The van der Waals surface area contributed by atoms with E-state index in [0.29, 0.717) is 30.3 Å². The van der Waals surface area contributed by atoms with Crippen LogP contribution in [0.1, 0.15) is 22.0 Å². The molecule has 0 radical (unpaired) electrons. The van der Waals surface area contributed by atoms with E-state index in [0.717, 1.165) is 22.1 Å². The summed E-state index contributed by atoms with van der Waals surface area (Å²) in [5, 5.41) is 5.64. The highest BCUT2D eigenvalue weighted by Gasteiger charge is 2.10. The third-order valence-electron chi connectivity index (χ3n) is 5.24. The van der Waals surface area contributed by atoms with Crippen molar-refractivity contribution in [1.82, 2.24) is 14.4 Å². The van der Waals surface area contributed by atoms with Crippen LogP contribution >= 0.6 is 11.3 Å². The average molecular weight is 485 g/mol. The molecule has 1 amide bonds. The highest BCUT2D eigenvalue weighted by molar-refractivity contribution is 7.09. The molecular formula is C27H24N4O3S. The van der Waals surface area contributed by atoms with E-state index < -0.39 is 0 Å². The first-order valence-electron chi connectivity index (χ1n) is 11.2. The number of carbonyl (C=O) groups is 1. The Kier molecular flexibility index (Phi) is 6.72. The lowest BCUT2D eigenvalue weighted by Gasteiger charge is -2.08. The number of nitrogens with zero attached hydrogens (tertiary/aromatic N) is 3. The maximum absolute atomic E-state index is 12.6. The summed E-state index contributed by atoms with van der Waals surface area (Å²) in [6.45, 7) is 2.75. The first-order valence-corrected chi connectivity index (χ1v) is 12.1. The fourth-order valence-electron chi connectivity index (χ4n) is 3.52. The summed E-state index contributed by atoms with van der Waals surface area (Å²) < 4.78 is 13.6. The molecule has 0 fully saturated rings. The van der Waals surface area contributed by atoms with Crippen molar-refractivity contribution in [1.29, 1.82) is 0 Å². The number of ether oxygens (including phenoxy) is 2. The zero-order valence-electron chi connectivity index (χ0n) is 19.2. The summed E-state index contributed by atoms with van der Waals surface area (Å²) >= 11 is 1.48. The van der Waals surface area contributed by atoms with E-state index in [4.69, 9.17) is 9.47 Å². The van der Waals surface area contributed by atoms with Crippen molar-refractivity contribution in [3.8, 4) is 11.5 Å². The molecule has 3 aromatic heterocycles. The van der Waals surface area contributed by atoms with Gasteiger partial charge in [0.2, 0.25) is 5.91 Å². The van der Waals surface area contributed by atoms with Crippen molar-refractivity contribution in [2.24, 2.45) is 0 Å². The Bertz CT molecular complexity index is 1410. The molecule has 0 bridgehead atoms. The molecule has 0 spiro atoms. The minimum atomic E-state index is -0.140. The van der Waals surface area contributed by atoms with Gasteiger partial charge in [0.1, 0.15) is 35.4 Å². The number of hydrogen-bond donors (Lipinski definition) is 1. The van der Waals surface area contributed by atoms with Crippen molar-refractivity contribution in [2.45, 2.75) is 26.6 Å². The van der Waals surface area contributed by atoms with Crippen LogP contribution in [0.4, 0.5) is 5.69 Å². The van der Waals surface area contributed by atoms with Gasteiger partial charge < -0.3 is 19.2 Å². The van der Waals surface area contributed by atoms with Gasteiger partial charge in [-0.3, -0.25) is 4.79 Å². The molecule has 0 aliphatic carbocycles. The van der Waals surface area contributed by atoms with Gasteiger partial charge >= 0.3 is 0 Å². The monoisotopic (exact) mass is 484 g/mol. The van der Waals surface area contributed by atoms with Crippen LogP contribution in [-0.4, -0.2) is 20.3 Å². The molecular weight excluding hydrogens is 460 g/mol. The maximum atomic E-state index is 12.6. The lowest BCUT2D eigenvalue weighted by molar-refractivity contribution is -0.115. The quantitative estimate of drug-likeness (QED) is 0.302. The van der Waals surface area contributed by atoms with Gasteiger partial charge in [0.05, 0.1) is 17.8 Å². The molecule has 0 aliphatic rings. The Balaban J connectivity index is 1.12. The molecule has 8 heteroatoms. The Morgan fingerprint density at radius 1 is 0.943 bits per heavy atom. The number of aromatic nitrogens is 3. The summed E-state index contributed by atoms with van der Waals surface area (Å²) in [4.78, 5) is 21.6. The number of imidazole rings is 1. The molecule has 5 rings (SSSR count). The number of pyridine rings is 1. The molecule has 35 heavy (non-hydrogen) atoms. The summed E-state index contributed by atoms with van der Waals surface area (Å²) in [7, 11) is 0. The summed E-state index contributed by atoms with van der Waals surface area (Å²) in [5.74, 6) is 1.32. The van der Waals surface area contributed by atoms with Crippen LogP contribution < -0.4 is 14.8 Å². The molecule has 176 valence electrons. The molecule has 2 aromatic carbocycles. The second-order valence-electron chi connectivity index (χ2n) is 8.07. The number of nitrogens with one attached hydrogen (secondary N) is 1. The van der Waals surface area contributed by atoms with Gasteiger partial charge in [-0.2, -0.15) is 0 Å². The number of hydrogen-bond acceptors (Lipinski definition) is 6. The predicted octanol–water partition coefficient (Wildman–Crippen LogP) is 5.44. The van der Waals surface area contributed by atoms with E-state index in [1.807, 2.05) is 89.8 Å². The maximum Gasteiger partial charge on any atom is 0.230 e. The van der Waals surface area contributed by atoms with Crippen LogP contribution in [0.2, 0.25) is 0 Å². The van der Waals surface area contributed by atoms with Crippen LogP contribution in [0, 0.1) is 6.92 Å². The molecule has 0 unspecified atom stereocenters. The highest BCUT2D eigenvalue weighted by Crippen LogP contribution is 2.20. The van der Waals surface area contributed by atoms with Gasteiger partial charge in [-0.25, -0.2) is 9.97 Å². The predicted molar refractivity (Wildman–Crippen MR) is 136 cm³/mol. The number of anilines is 1. The first kappa shape index (κ1) is 22.6. The third kappa shape index (κ3) is 6.04. The van der Waals surface area contributed by atoms with Crippen molar-refractivity contribution in [3.63, 3.8) is 0 Å². The van der Waals surface area contributed by atoms with Crippen molar-refractivity contribution in [3.05, 3.63) is 106 Å². The highest BCUT2D eigenvalue weighted by atomic mass is 32.1. The molecule has 1 N–H and O–H groups in total. The van der Waals surface area contributed by atoms with Crippen LogP contribution in [-0.2, 0) is 24.4 Å². The number of benzene rings is 2. The number of fused-ring (bicyclic) bond motifs is 1. The minimum absolute atomic E-state index is 0.140. The van der Waals surface area contributed by atoms with Crippen molar-refractivity contribution < 1.29 is 14.3 Å². The Hall–Kier alpha value is -4.17. The number of rotatable bonds is 9. The lowest BCUT2D eigenvalue weighted by Crippen LogP contribution is -2.14. The normalized spacial score (nSPS) is 10.9. The second-order valence-corrected chi connectivity index (χ2v) is 9.02. The van der Waals surface area contributed by atoms with Crippen LogP contribution in [0.3, 0.4) is 0 Å². The number of thiazole rings is 1. The van der Waals surface area contributed by atoms with Crippen LogP contribution in [0.5, 0.6) is 11.5 Å². The van der Waals surface area contributed by atoms with Gasteiger partial charge in [-0.1, -0.05) is 29.8 Å². The summed E-state index contributed by atoms with van der Waals surface area (Å²) in [6.07, 6.45) is 4.08. The minimum Gasteiger partial charge on any atom is -0.487 e. The van der Waals surface area contributed by atoms with Gasteiger partial charge in [0.25, 0.3) is 0 Å². The Morgan fingerprint density at radius 3 is 2.66 bits per heavy atom. The van der Waals surface area contributed by atoms with Crippen molar-refractivity contribution in [2.75, 3.05) is 5.32 Å². The fraction of sp³-hybridized carbons (Fsp3) is 0.148. The van der Waals surface area contributed by atoms with Crippen LogP contribution in [0.15, 0.2) is 84.5 Å². The van der Waals surface area contributed by atoms with E-state index in [-0.39, 0.29) is 12.3 Å². The standard InChI is InChI=1S/C27H24N4O3S/c1-19-8-10-23(11-9-19)34-17-27-30-21(18-35-27)14-26(32)29-20-5-4-6-24(13-20)33-16-22-15-31-12-3-2-7-25(31)28-22/h2-13,15,18H,14,16-17H2,1H3,(H,29,32). The molecule has 0 atom stereocenters. The molecule has 7 nitrogen and oxygen atoms in total. The molecule has 0 aliphatic heterocycles. The van der Waals surface area contributed by atoms with Gasteiger partial charge in [-0.05, 0) is 43.3 Å². The van der Waals surface area contributed by atoms with E-state index in [2.05, 4.69) is 15.3 Å². The van der Waals surface area contributed by atoms with Gasteiger partial charge in [0.15, 0.2) is 0 Å². The largest absolute Gasteiger partial charge is 0.487 e. The first-order chi connectivity index (χ1) is 17.1. The number of carbonyl (C=O) groups excluding carboxylic acids is 1. The summed E-state index contributed by atoms with van der Waals surface area (Å²) in [6, 6.07) is 21.1. The fourth-order valence-corrected chi connectivity index (χ4v) is 4.23. The zero-order valence-corrected chi connectivity index (χ0v) is 20.0. The molecule has 5 aromatic rings. The van der Waals surface area contributed by atoms with E-state index in [1.54, 1.807) is 6.07 Å². The van der Waals surface area contributed by atoms with E-state index in [9.17, 15) is 4.79 Å². The molecule has 0 saturated heterocycles. The lowest BCUT2D eigenvalue weighted by atomic mass is 10.2. The Morgan fingerprint density at radius 2 is 1.80 bits per heavy atom. The Labute approximate surface area is 207 Å². The second kappa shape index (κ2) is 10.4. The smallest absolute Gasteiger partial charge is 0.230 e. The van der Waals surface area contributed by atoms with E-state index >= 15 is 0 Å². The van der Waals surface area contributed by atoms with Gasteiger partial charge in [-0.15, -0.1) is 11.3 Å². The third-order valence-corrected chi connectivity index (χ3v) is 6.11. The van der Waals surface area contributed by atoms with Gasteiger partial charge in [0, 0.05) is 29.5 Å². The average Bonchev–Trinajstić information content (AvgIpc) is 3.49. The number of aryl methyl sites for hydroxylation is 1. The van der Waals surface area contributed by atoms with Crippen LogP contribution in [0.25, 0.3) is 5.65 Å². The zero-order chi connectivity index (χ0) is 24.0.